The third-order valence-corrected chi connectivity index (χ3v) is 3.29. The van der Waals surface area contributed by atoms with Crippen molar-refractivity contribution in [3.63, 3.8) is 0 Å². The molecule has 0 bridgehead atoms. The molecule has 0 fully saturated rings. The van der Waals surface area contributed by atoms with Gasteiger partial charge in [-0.15, -0.1) is 0 Å². The van der Waals surface area contributed by atoms with E-state index in [-0.39, 0.29) is 0 Å². The normalized spacial score (nSPS) is 12.2. The first-order valence-electron chi connectivity index (χ1n) is 6.84. The molecule has 0 spiro atoms. The van der Waals surface area contributed by atoms with Crippen LogP contribution in [0.25, 0.3) is 0 Å². The molecule has 0 heterocycles. The zero-order valence-electron chi connectivity index (χ0n) is 12.0. The van der Waals surface area contributed by atoms with E-state index in [1.54, 1.807) is 0 Å². The monoisotopic (exact) mass is 264 g/mol. The summed E-state index contributed by atoms with van der Waals surface area (Å²) in [5.74, 6) is -0.781. The lowest BCUT2D eigenvalue weighted by atomic mass is 10.1. The number of nitrogens with zero attached hydrogens (tertiary/aromatic N) is 1. The van der Waals surface area contributed by atoms with E-state index >= 15 is 0 Å². The fourth-order valence-corrected chi connectivity index (χ4v) is 2.00. The van der Waals surface area contributed by atoms with E-state index in [4.69, 9.17) is 5.11 Å². The molecular formula is C15H24N2O2. The fourth-order valence-electron chi connectivity index (χ4n) is 2.00. The predicted octanol–water partition coefficient (Wildman–Crippen LogP) is 2.14. The summed E-state index contributed by atoms with van der Waals surface area (Å²) >= 11 is 0. The van der Waals surface area contributed by atoms with Gasteiger partial charge in [0, 0.05) is 19.3 Å². The molecule has 1 rings (SSSR count). The largest absolute Gasteiger partial charge is 0.480 e. The van der Waals surface area contributed by atoms with E-state index in [1.807, 2.05) is 14.0 Å². The Labute approximate surface area is 115 Å². The summed E-state index contributed by atoms with van der Waals surface area (Å²) < 4.78 is 0. The first kappa shape index (κ1) is 15.5. The lowest BCUT2D eigenvalue weighted by molar-refractivity contribution is -0.139. The number of nitrogens with one attached hydrogen (secondary N) is 1. The second-order valence-electron chi connectivity index (χ2n) is 4.68. The molecule has 0 aliphatic heterocycles. The Kier molecular flexibility index (Phi) is 6.36. The summed E-state index contributed by atoms with van der Waals surface area (Å²) in [6, 6.07) is 7.93. The van der Waals surface area contributed by atoms with E-state index in [0.29, 0.717) is 13.0 Å². The van der Waals surface area contributed by atoms with Crippen molar-refractivity contribution >= 4 is 11.7 Å². The highest BCUT2D eigenvalue weighted by Crippen LogP contribution is 2.14. The van der Waals surface area contributed by atoms with Gasteiger partial charge in [0.25, 0.3) is 0 Å². The zero-order valence-corrected chi connectivity index (χ0v) is 12.0. The topological polar surface area (TPSA) is 52.6 Å². The molecule has 0 saturated carbocycles. The van der Waals surface area contributed by atoms with Crippen LogP contribution in [0.1, 0.15) is 25.8 Å². The van der Waals surface area contributed by atoms with E-state index < -0.39 is 12.0 Å². The number of aliphatic carboxylic acids is 1. The Morgan fingerprint density at radius 1 is 1.32 bits per heavy atom. The van der Waals surface area contributed by atoms with Gasteiger partial charge < -0.3 is 15.3 Å². The Bertz CT molecular complexity index is 390. The van der Waals surface area contributed by atoms with Crippen LogP contribution in [0.2, 0.25) is 0 Å². The summed E-state index contributed by atoms with van der Waals surface area (Å²) in [4.78, 5) is 13.1. The highest BCUT2D eigenvalue weighted by molar-refractivity contribution is 5.73. The van der Waals surface area contributed by atoms with Crippen molar-refractivity contribution in [3.8, 4) is 0 Å². The lowest BCUT2D eigenvalue weighted by Crippen LogP contribution is -2.39. The Morgan fingerprint density at radius 2 is 1.95 bits per heavy atom. The van der Waals surface area contributed by atoms with Crippen LogP contribution in [0.15, 0.2) is 24.3 Å². The molecule has 1 unspecified atom stereocenters. The molecule has 4 heteroatoms. The minimum atomic E-state index is -0.781. The minimum Gasteiger partial charge on any atom is -0.480 e. The molecule has 1 aromatic carbocycles. The van der Waals surface area contributed by atoms with Crippen molar-refractivity contribution in [1.82, 2.24) is 5.32 Å². The average Bonchev–Trinajstić information content (AvgIpc) is 2.42. The van der Waals surface area contributed by atoms with Crippen LogP contribution in [0.4, 0.5) is 5.69 Å². The second kappa shape index (κ2) is 7.79. The average molecular weight is 264 g/mol. The van der Waals surface area contributed by atoms with Gasteiger partial charge in [0.2, 0.25) is 0 Å². The van der Waals surface area contributed by atoms with Crippen LogP contribution in [0.5, 0.6) is 0 Å². The van der Waals surface area contributed by atoms with Crippen molar-refractivity contribution < 1.29 is 9.90 Å². The highest BCUT2D eigenvalue weighted by atomic mass is 16.4. The Balaban J connectivity index is 2.53. The molecule has 0 aliphatic carbocycles. The molecule has 0 radical (unpaired) electrons. The van der Waals surface area contributed by atoms with Crippen LogP contribution < -0.4 is 10.2 Å². The zero-order chi connectivity index (χ0) is 14.3. The van der Waals surface area contributed by atoms with Crippen molar-refractivity contribution in [2.24, 2.45) is 0 Å². The number of hydrogen-bond donors (Lipinski definition) is 2. The van der Waals surface area contributed by atoms with Crippen LogP contribution in [-0.2, 0) is 11.2 Å². The van der Waals surface area contributed by atoms with Crippen LogP contribution in [0, 0.1) is 0 Å². The predicted molar refractivity (Wildman–Crippen MR) is 78.8 cm³/mol. The van der Waals surface area contributed by atoms with E-state index in [0.717, 1.165) is 18.7 Å². The molecule has 106 valence electrons. The first-order valence-corrected chi connectivity index (χ1v) is 6.84. The second-order valence-corrected chi connectivity index (χ2v) is 4.68. The molecular weight excluding hydrogens is 240 g/mol. The van der Waals surface area contributed by atoms with Gasteiger partial charge in [0.05, 0.1) is 0 Å². The van der Waals surface area contributed by atoms with E-state index in [2.05, 4.69) is 41.4 Å². The van der Waals surface area contributed by atoms with Gasteiger partial charge in [-0.05, 0) is 37.1 Å². The molecule has 0 amide bonds. The number of carboxylic acid groups (broad SMARTS) is 1. The number of hydrogen-bond acceptors (Lipinski definition) is 3. The van der Waals surface area contributed by atoms with Crippen LogP contribution in [-0.4, -0.2) is 37.3 Å². The molecule has 1 atom stereocenters. The Morgan fingerprint density at radius 3 is 2.42 bits per heavy atom. The van der Waals surface area contributed by atoms with E-state index in [9.17, 15) is 4.79 Å². The minimum absolute atomic E-state index is 0.470. The standard InChI is InChI=1S/C15H24N2O2/c1-4-12-6-8-13(9-7-12)17(3)11-10-14(15(18)19)16-5-2/h6-9,14,16H,4-5,10-11H2,1-3H3,(H,18,19). The molecule has 0 aromatic heterocycles. The quantitative estimate of drug-likeness (QED) is 0.755. The summed E-state index contributed by atoms with van der Waals surface area (Å²) in [5.41, 5.74) is 2.44. The number of aryl methyl sites for hydroxylation is 1. The smallest absolute Gasteiger partial charge is 0.320 e. The highest BCUT2D eigenvalue weighted by Gasteiger charge is 2.16. The van der Waals surface area contributed by atoms with Gasteiger partial charge in [-0.3, -0.25) is 4.79 Å². The van der Waals surface area contributed by atoms with Crippen molar-refractivity contribution in [2.45, 2.75) is 32.7 Å². The van der Waals surface area contributed by atoms with Gasteiger partial charge >= 0.3 is 5.97 Å². The van der Waals surface area contributed by atoms with Crippen LogP contribution in [0.3, 0.4) is 0 Å². The van der Waals surface area contributed by atoms with Gasteiger partial charge in [0.1, 0.15) is 6.04 Å². The molecule has 1 aromatic rings. The molecule has 0 aliphatic rings. The summed E-state index contributed by atoms with van der Waals surface area (Å²) in [6.45, 7) is 5.44. The number of benzene rings is 1. The fraction of sp³-hybridized carbons (Fsp3) is 0.533. The van der Waals surface area contributed by atoms with Crippen molar-refractivity contribution in [1.29, 1.82) is 0 Å². The third-order valence-electron chi connectivity index (χ3n) is 3.29. The lowest BCUT2D eigenvalue weighted by Gasteiger charge is -2.22. The number of likely N-dealkylation sites (N-methyl/N-ethyl adjacent to an activating group) is 1. The summed E-state index contributed by atoms with van der Waals surface area (Å²) in [6.07, 6.45) is 1.63. The van der Waals surface area contributed by atoms with Gasteiger partial charge in [-0.25, -0.2) is 0 Å². The Hall–Kier alpha value is -1.55. The maximum Gasteiger partial charge on any atom is 0.320 e. The number of rotatable bonds is 8. The van der Waals surface area contributed by atoms with Crippen molar-refractivity contribution in [2.75, 3.05) is 25.0 Å². The van der Waals surface area contributed by atoms with Gasteiger partial charge in [-0.1, -0.05) is 26.0 Å². The molecule has 0 saturated heterocycles. The third kappa shape index (κ3) is 4.91. The molecule has 4 nitrogen and oxygen atoms in total. The maximum absolute atomic E-state index is 11.0. The maximum atomic E-state index is 11.0. The molecule has 19 heavy (non-hydrogen) atoms. The van der Waals surface area contributed by atoms with Gasteiger partial charge in [-0.2, -0.15) is 0 Å². The van der Waals surface area contributed by atoms with E-state index in [1.165, 1.54) is 5.56 Å². The van der Waals surface area contributed by atoms with Crippen molar-refractivity contribution in [3.05, 3.63) is 29.8 Å². The first-order chi connectivity index (χ1) is 9.08. The SMILES string of the molecule is CCNC(CCN(C)c1ccc(CC)cc1)C(=O)O. The van der Waals surface area contributed by atoms with Crippen LogP contribution >= 0.6 is 0 Å². The molecule has 2 N–H and O–H groups in total. The number of anilines is 1. The number of carbonyl (C=O) groups is 1. The van der Waals surface area contributed by atoms with Gasteiger partial charge in [0.15, 0.2) is 0 Å². The summed E-state index contributed by atoms with van der Waals surface area (Å²) in [7, 11) is 1.99. The summed E-state index contributed by atoms with van der Waals surface area (Å²) in [5, 5.41) is 12.1. The number of carboxylic acids is 1.